The van der Waals surface area contributed by atoms with Gasteiger partial charge in [-0.15, -0.1) is 0 Å². The number of anilines is 3. The second-order valence-corrected chi connectivity index (χ2v) is 9.66. The summed E-state index contributed by atoms with van der Waals surface area (Å²) in [6.07, 6.45) is -0.992. The first kappa shape index (κ1) is 28.8. The zero-order valence-electron chi connectivity index (χ0n) is 23.3. The molecule has 3 N–H and O–H groups in total. The minimum Gasteiger partial charge on any atom is -0.351 e. The lowest BCUT2D eigenvalue weighted by atomic mass is 9.87. The molecule has 4 amide bonds. The largest absolute Gasteiger partial charge is 0.351 e. The molecular weight excluding hydrogens is 508 g/mol. The van der Waals surface area contributed by atoms with Crippen molar-refractivity contribution < 1.29 is 23.9 Å². The van der Waals surface area contributed by atoms with Gasteiger partial charge in [-0.2, -0.15) is 0 Å². The van der Waals surface area contributed by atoms with Crippen molar-refractivity contribution in [3.05, 3.63) is 89.5 Å². The van der Waals surface area contributed by atoms with E-state index in [9.17, 15) is 14.4 Å². The van der Waals surface area contributed by atoms with Gasteiger partial charge in [0.2, 0.25) is 5.91 Å². The number of hydrogen-bond donors (Lipinski definition) is 3. The molecule has 1 atom stereocenters. The van der Waals surface area contributed by atoms with Crippen LogP contribution in [0.2, 0.25) is 0 Å². The number of benzene rings is 3. The summed E-state index contributed by atoms with van der Waals surface area (Å²) in [6, 6.07) is 21.2. The fraction of sp³-hybridized carbons (Fsp3) is 0.323. The van der Waals surface area contributed by atoms with Gasteiger partial charge >= 0.3 is 6.03 Å². The van der Waals surface area contributed by atoms with Crippen LogP contribution in [0, 0.1) is 13.8 Å². The van der Waals surface area contributed by atoms with E-state index in [0.29, 0.717) is 35.8 Å². The van der Waals surface area contributed by atoms with Crippen molar-refractivity contribution in [2.75, 3.05) is 35.3 Å². The number of para-hydroxylation sites is 2. The average molecular weight is 545 g/mol. The average Bonchev–Trinajstić information content (AvgIpc) is 3.14. The van der Waals surface area contributed by atoms with E-state index in [0.717, 1.165) is 11.1 Å². The number of hydrogen-bond acceptors (Lipinski definition) is 5. The Bertz CT molecular complexity index is 1350. The molecule has 1 aliphatic rings. The van der Waals surface area contributed by atoms with Crippen LogP contribution in [0.5, 0.6) is 0 Å². The quantitative estimate of drug-likeness (QED) is 0.291. The van der Waals surface area contributed by atoms with Gasteiger partial charge in [0.05, 0.1) is 18.7 Å². The van der Waals surface area contributed by atoms with E-state index in [4.69, 9.17) is 9.47 Å². The van der Waals surface area contributed by atoms with Gasteiger partial charge in [0.25, 0.3) is 5.91 Å². The van der Waals surface area contributed by atoms with Gasteiger partial charge in [0, 0.05) is 30.2 Å². The van der Waals surface area contributed by atoms with Gasteiger partial charge in [-0.05, 0) is 57.5 Å². The van der Waals surface area contributed by atoms with E-state index in [1.807, 2.05) is 64.1 Å². The molecule has 40 heavy (non-hydrogen) atoms. The fourth-order valence-corrected chi connectivity index (χ4v) is 4.86. The zero-order valence-corrected chi connectivity index (χ0v) is 23.3. The molecule has 0 radical (unpaired) electrons. The highest BCUT2D eigenvalue weighted by atomic mass is 16.7. The van der Waals surface area contributed by atoms with E-state index in [1.54, 1.807) is 36.4 Å². The van der Waals surface area contributed by atoms with Gasteiger partial charge in [-0.25, -0.2) is 4.79 Å². The second kappa shape index (κ2) is 12.8. The van der Waals surface area contributed by atoms with Crippen molar-refractivity contribution in [2.24, 2.45) is 0 Å². The lowest BCUT2D eigenvalue weighted by Gasteiger charge is -2.30. The van der Waals surface area contributed by atoms with Gasteiger partial charge in [-0.3, -0.25) is 9.59 Å². The van der Waals surface area contributed by atoms with Crippen molar-refractivity contribution >= 4 is 34.9 Å². The Hall–Kier alpha value is -4.21. The zero-order chi connectivity index (χ0) is 28.7. The van der Waals surface area contributed by atoms with Crippen molar-refractivity contribution in [3.63, 3.8) is 0 Å². The number of carbonyl (C=O) groups excluding carboxylic acids is 3. The lowest BCUT2D eigenvalue weighted by molar-refractivity contribution is -0.138. The number of nitrogens with one attached hydrogen (secondary N) is 3. The van der Waals surface area contributed by atoms with Gasteiger partial charge in [0.15, 0.2) is 11.8 Å². The summed E-state index contributed by atoms with van der Waals surface area (Å²) in [6.45, 7) is 8.43. The number of ether oxygens (including phenoxy) is 2. The molecule has 3 aromatic carbocycles. The topological polar surface area (TPSA) is 109 Å². The number of aryl methyl sites for hydroxylation is 2. The molecule has 1 heterocycles. The Labute approximate surface area is 234 Å². The normalized spacial score (nSPS) is 16.1. The van der Waals surface area contributed by atoms with E-state index in [1.165, 1.54) is 4.90 Å². The molecule has 0 bridgehead atoms. The van der Waals surface area contributed by atoms with Gasteiger partial charge < -0.3 is 30.3 Å². The predicted octanol–water partition coefficient (Wildman–Crippen LogP) is 5.09. The maximum atomic E-state index is 14.3. The Morgan fingerprint density at radius 3 is 2.20 bits per heavy atom. The van der Waals surface area contributed by atoms with Crippen LogP contribution < -0.4 is 20.9 Å². The van der Waals surface area contributed by atoms with Gasteiger partial charge in [0.1, 0.15) is 0 Å². The van der Waals surface area contributed by atoms with Crippen LogP contribution >= 0.6 is 0 Å². The van der Waals surface area contributed by atoms with Crippen LogP contribution in [-0.2, 0) is 24.6 Å². The monoisotopic (exact) mass is 544 g/mol. The molecular formula is C31H36N4O5. The second-order valence-electron chi connectivity index (χ2n) is 9.66. The molecule has 9 heteroatoms. The van der Waals surface area contributed by atoms with Crippen LogP contribution in [-0.4, -0.2) is 43.9 Å². The third-order valence-electron chi connectivity index (χ3n) is 6.78. The molecule has 0 saturated heterocycles. The number of fused-ring (bicyclic) bond motifs is 1. The highest BCUT2D eigenvalue weighted by molar-refractivity contribution is 6.13. The molecule has 4 rings (SSSR count). The SMILES string of the molecule is CCOC(CN1C(=O)C(CC(=O)Nc2ccccc2C)(NC(=O)Nc2ccc(C)cc2)c2ccccc21)OCC. The standard InChI is InChI=1S/C31H36N4O5/c1-5-39-28(40-6-2)20-35-26-14-10-8-12-24(26)31(29(35)37,19-27(36)33-25-13-9-7-11-22(25)4)34-30(38)32-23-17-15-21(3)16-18-23/h7-18,28H,5-6,19-20H2,1-4H3,(H,33,36)(H2,32,34,38). The minimum absolute atomic E-state index is 0.0972. The van der Waals surface area contributed by atoms with Crippen molar-refractivity contribution in [3.8, 4) is 0 Å². The molecule has 1 aliphatic heterocycles. The summed E-state index contributed by atoms with van der Waals surface area (Å²) in [5, 5.41) is 8.58. The maximum absolute atomic E-state index is 14.3. The Kier molecular flexibility index (Phi) is 9.19. The predicted molar refractivity (Wildman–Crippen MR) is 155 cm³/mol. The molecule has 0 saturated carbocycles. The first-order valence-electron chi connectivity index (χ1n) is 13.4. The molecule has 0 aliphatic carbocycles. The minimum atomic E-state index is -1.67. The van der Waals surface area contributed by atoms with E-state index in [-0.39, 0.29) is 13.0 Å². The number of carbonyl (C=O) groups is 3. The Morgan fingerprint density at radius 1 is 0.875 bits per heavy atom. The molecule has 0 spiro atoms. The van der Waals surface area contributed by atoms with Crippen LogP contribution in [0.15, 0.2) is 72.8 Å². The van der Waals surface area contributed by atoms with E-state index >= 15 is 0 Å². The summed E-state index contributed by atoms with van der Waals surface area (Å²) >= 11 is 0. The van der Waals surface area contributed by atoms with Crippen LogP contribution in [0.1, 0.15) is 37.0 Å². The Balaban J connectivity index is 1.70. The number of nitrogens with zero attached hydrogens (tertiary/aromatic N) is 1. The number of amides is 4. The lowest BCUT2D eigenvalue weighted by Crippen LogP contribution is -2.56. The highest BCUT2D eigenvalue weighted by Gasteiger charge is 2.53. The summed E-state index contributed by atoms with van der Waals surface area (Å²) in [5.41, 5.74) is 2.55. The van der Waals surface area contributed by atoms with Crippen LogP contribution in [0.3, 0.4) is 0 Å². The van der Waals surface area contributed by atoms with Crippen molar-refractivity contribution in [1.29, 1.82) is 0 Å². The molecule has 210 valence electrons. The smallest absolute Gasteiger partial charge is 0.320 e. The summed E-state index contributed by atoms with van der Waals surface area (Å²) in [4.78, 5) is 42.7. The number of urea groups is 1. The highest BCUT2D eigenvalue weighted by Crippen LogP contribution is 2.43. The van der Waals surface area contributed by atoms with Gasteiger partial charge in [-0.1, -0.05) is 54.1 Å². The Morgan fingerprint density at radius 2 is 1.52 bits per heavy atom. The maximum Gasteiger partial charge on any atom is 0.320 e. The van der Waals surface area contributed by atoms with Crippen LogP contribution in [0.4, 0.5) is 21.9 Å². The molecule has 0 fully saturated rings. The summed E-state index contributed by atoms with van der Waals surface area (Å²) in [7, 11) is 0. The summed E-state index contributed by atoms with van der Waals surface area (Å²) in [5.74, 6) is -0.863. The third kappa shape index (κ3) is 6.32. The molecule has 1 unspecified atom stereocenters. The van der Waals surface area contributed by atoms with Crippen molar-refractivity contribution in [2.45, 2.75) is 45.9 Å². The third-order valence-corrected chi connectivity index (χ3v) is 6.78. The van der Waals surface area contributed by atoms with Crippen LogP contribution in [0.25, 0.3) is 0 Å². The number of rotatable bonds is 11. The fourth-order valence-electron chi connectivity index (χ4n) is 4.86. The first-order valence-corrected chi connectivity index (χ1v) is 13.4. The summed E-state index contributed by atoms with van der Waals surface area (Å²) < 4.78 is 11.4. The van der Waals surface area contributed by atoms with E-state index < -0.39 is 29.7 Å². The van der Waals surface area contributed by atoms with Crippen molar-refractivity contribution in [1.82, 2.24) is 5.32 Å². The molecule has 3 aromatic rings. The van der Waals surface area contributed by atoms with E-state index in [2.05, 4.69) is 16.0 Å². The first-order chi connectivity index (χ1) is 19.3. The molecule has 9 nitrogen and oxygen atoms in total. The molecule has 0 aromatic heterocycles.